The molecular formula is C9H9ClO. The van der Waals surface area contributed by atoms with Crippen LogP contribution in [0.5, 0.6) is 5.75 Å². The van der Waals surface area contributed by atoms with Crippen molar-refractivity contribution in [3.63, 3.8) is 0 Å². The summed E-state index contributed by atoms with van der Waals surface area (Å²) in [6.07, 6.45) is 0.969. The summed E-state index contributed by atoms with van der Waals surface area (Å²) in [5.74, 6) is 0.855. The topological polar surface area (TPSA) is 9.23 Å². The zero-order valence-electron chi connectivity index (χ0n) is 6.36. The van der Waals surface area contributed by atoms with E-state index in [4.69, 9.17) is 16.3 Å². The molecule has 0 saturated carbocycles. The predicted molar refractivity (Wildman–Crippen MR) is 45.4 cm³/mol. The fraction of sp³-hybridized carbons (Fsp3) is 0.333. The van der Waals surface area contributed by atoms with Crippen LogP contribution in [0.1, 0.15) is 11.1 Å². The lowest BCUT2D eigenvalue weighted by molar-refractivity contribution is 0.326. The molecule has 0 N–H and O–H groups in total. The average molecular weight is 169 g/mol. The first kappa shape index (κ1) is 6.99. The van der Waals surface area contributed by atoms with Gasteiger partial charge in [0.1, 0.15) is 5.75 Å². The molecule has 0 fully saturated rings. The van der Waals surface area contributed by atoms with Gasteiger partial charge in [0.15, 0.2) is 0 Å². The highest BCUT2D eigenvalue weighted by atomic mass is 35.5. The van der Waals surface area contributed by atoms with Crippen molar-refractivity contribution in [3.05, 3.63) is 28.3 Å². The minimum Gasteiger partial charge on any atom is -0.491 e. The molecule has 1 nitrogen and oxygen atoms in total. The van der Waals surface area contributed by atoms with Crippen LogP contribution >= 0.6 is 11.6 Å². The summed E-state index contributed by atoms with van der Waals surface area (Å²) in [6.45, 7) is 2.78. The van der Waals surface area contributed by atoms with Gasteiger partial charge >= 0.3 is 0 Å². The minimum atomic E-state index is 0.748. The third-order valence-electron chi connectivity index (χ3n) is 1.93. The zero-order valence-corrected chi connectivity index (χ0v) is 7.11. The molecule has 3 rings (SSSR count). The van der Waals surface area contributed by atoms with Crippen LogP contribution in [-0.4, -0.2) is 6.61 Å². The molecule has 2 aliphatic rings. The van der Waals surface area contributed by atoms with E-state index < -0.39 is 0 Å². The van der Waals surface area contributed by atoms with Crippen molar-refractivity contribution in [1.29, 1.82) is 0 Å². The standard InChI is InChI=1S/C9H9ClO/c1-6-4-7-2-3-11-9(6)8(10)5-7/h4-5H,2-3H2,1H3. The van der Waals surface area contributed by atoms with E-state index in [1.807, 2.05) is 13.0 Å². The van der Waals surface area contributed by atoms with E-state index in [1.165, 1.54) is 5.56 Å². The summed E-state index contributed by atoms with van der Waals surface area (Å²) < 4.78 is 5.45. The number of fused-ring (bicyclic) bond motifs is 4. The van der Waals surface area contributed by atoms with Crippen molar-refractivity contribution in [2.45, 2.75) is 13.3 Å². The first-order valence-corrected chi connectivity index (χ1v) is 4.07. The van der Waals surface area contributed by atoms with Crippen LogP contribution in [0.25, 0.3) is 0 Å². The van der Waals surface area contributed by atoms with E-state index in [-0.39, 0.29) is 0 Å². The number of hydrogen-bond donors (Lipinski definition) is 0. The fourth-order valence-electron chi connectivity index (χ4n) is 1.40. The van der Waals surface area contributed by atoms with E-state index in [2.05, 4.69) is 6.07 Å². The molecule has 58 valence electrons. The van der Waals surface area contributed by atoms with Gasteiger partial charge in [-0.15, -0.1) is 0 Å². The summed E-state index contributed by atoms with van der Waals surface area (Å²) in [7, 11) is 0. The van der Waals surface area contributed by atoms with Crippen molar-refractivity contribution < 1.29 is 4.74 Å². The number of rotatable bonds is 0. The lowest BCUT2D eigenvalue weighted by atomic mass is 10.1. The fourth-order valence-corrected chi connectivity index (χ4v) is 1.74. The molecule has 1 aromatic rings. The highest BCUT2D eigenvalue weighted by molar-refractivity contribution is 6.32. The first-order chi connectivity index (χ1) is 5.27. The predicted octanol–water partition coefficient (Wildman–Crippen LogP) is 2.58. The molecule has 0 aliphatic carbocycles. The first-order valence-electron chi connectivity index (χ1n) is 3.69. The molecule has 0 spiro atoms. The molecule has 0 amide bonds. The molecule has 0 radical (unpaired) electrons. The Bertz CT molecular complexity index is 271. The molecular weight excluding hydrogens is 160 g/mol. The van der Waals surface area contributed by atoms with Crippen molar-refractivity contribution in [2.24, 2.45) is 0 Å². The number of hydrogen-bond acceptors (Lipinski definition) is 1. The SMILES string of the molecule is Cc1cc2cc(Cl)c1OCC2. The zero-order chi connectivity index (χ0) is 7.84. The Morgan fingerprint density at radius 3 is 3.00 bits per heavy atom. The Morgan fingerprint density at radius 1 is 1.45 bits per heavy atom. The van der Waals surface area contributed by atoms with Crippen molar-refractivity contribution >= 4 is 11.6 Å². The molecule has 2 bridgehead atoms. The van der Waals surface area contributed by atoms with Gasteiger partial charge in [0, 0.05) is 6.42 Å². The molecule has 2 heterocycles. The largest absolute Gasteiger partial charge is 0.491 e. The molecule has 2 aliphatic heterocycles. The molecule has 0 unspecified atom stereocenters. The van der Waals surface area contributed by atoms with Crippen LogP contribution in [-0.2, 0) is 6.42 Å². The summed E-state index contributed by atoms with van der Waals surface area (Å²) in [4.78, 5) is 0. The Kier molecular flexibility index (Phi) is 1.53. The molecule has 0 saturated heterocycles. The van der Waals surface area contributed by atoms with Crippen LogP contribution < -0.4 is 4.74 Å². The Hall–Kier alpha value is -0.690. The number of halogens is 1. The average Bonchev–Trinajstić information content (AvgIpc) is 2.18. The van der Waals surface area contributed by atoms with E-state index >= 15 is 0 Å². The normalized spacial score (nSPS) is 14.4. The highest BCUT2D eigenvalue weighted by Gasteiger charge is 2.11. The Balaban J connectivity index is 2.66. The van der Waals surface area contributed by atoms with Crippen LogP contribution in [0.2, 0.25) is 5.02 Å². The van der Waals surface area contributed by atoms with Gasteiger partial charge in [-0.05, 0) is 24.1 Å². The third kappa shape index (κ3) is 1.10. The maximum atomic E-state index is 5.95. The molecule has 11 heavy (non-hydrogen) atoms. The van der Waals surface area contributed by atoms with Gasteiger partial charge in [-0.1, -0.05) is 17.7 Å². The van der Waals surface area contributed by atoms with Gasteiger partial charge < -0.3 is 4.74 Å². The smallest absolute Gasteiger partial charge is 0.140 e. The van der Waals surface area contributed by atoms with Gasteiger partial charge in [-0.2, -0.15) is 0 Å². The van der Waals surface area contributed by atoms with Gasteiger partial charge in [0.2, 0.25) is 0 Å². The second-order valence-electron chi connectivity index (χ2n) is 2.82. The van der Waals surface area contributed by atoms with Crippen molar-refractivity contribution in [3.8, 4) is 5.75 Å². The third-order valence-corrected chi connectivity index (χ3v) is 2.21. The maximum Gasteiger partial charge on any atom is 0.140 e. The maximum absolute atomic E-state index is 5.95. The molecule has 1 aromatic carbocycles. The summed E-state index contributed by atoms with van der Waals surface area (Å²) in [6, 6.07) is 4.12. The van der Waals surface area contributed by atoms with Crippen molar-refractivity contribution in [1.82, 2.24) is 0 Å². The van der Waals surface area contributed by atoms with Crippen molar-refractivity contribution in [2.75, 3.05) is 6.61 Å². The van der Waals surface area contributed by atoms with E-state index in [0.717, 1.165) is 29.4 Å². The van der Waals surface area contributed by atoms with Crippen LogP contribution in [0.3, 0.4) is 0 Å². The summed E-state index contributed by atoms with van der Waals surface area (Å²) in [5, 5.41) is 0.748. The van der Waals surface area contributed by atoms with Gasteiger partial charge in [-0.3, -0.25) is 0 Å². The summed E-state index contributed by atoms with van der Waals surface area (Å²) in [5.41, 5.74) is 2.42. The molecule has 0 aromatic heterocycles. The Labute approximate surface area is 70.9 Å². The van der Waals surface area contributed by atoms with Crippen LogP contribution in [0.15, 0.2) is 12.1 Å². The van der Waals surface area contributed by atoms with Crippen LogP contribution in [0, 0.1) is 6.92 Å². The number of benzene rings is 1. The summed E-state index contributed by atoms with van der Waals surface area (Å²) >= 11 is 5.95. The monoisotopic (exact) mass is 168 g/mol. The number of aryl methyl sites for hydroxylation is 1. The van der Waals surface area contributed by atoms with E-state index in [0.29, 0.717) is 0 Å². The number of ether oxygens (including phenoxy) is 1. The van der Waals surface area contributed by atoms with Crippen LogP contribution in [0.4, 0.5) is 0 Å². The Morgan fingerprint density at radius 2 is 2.27 bits per heavy atom. The molecule has 2 heteroatoms. The van der Waals surface area contributed by atoms with Gasteiger partial charge in [0.25, 0.3) is 0 Å². The lowest BCUT2D eigenvalue weighted by Gasteiger charge is -2.04. The lowest BCUT2D eigenvalue weighted by Crippen LogP contribution is -1.96. The van der Waals surface area contributed by atoms with Gasteiger partial charge in [-0.25, -0.2) is 0 Å². The second-order valence-corrected chi connectivity index (χ2v) is 3.23. The minimum absolute atomic E-state index is 0.748. The highest BCUT2D eigenvalue weighted by Crippen LogP contribution is 2.32. The second kappa shape index (κ2) is 2.42. The quantitative estimate of drug-likeness (QED) is 0.579. The van der Waals surface area contributed by atoms with E-state index in [9.17, 15) is 0 Å². The van der Waals surface area contributed by atoms with Gasteiger partial charge in [0.05, 0.1) is 11.6 Å². The molecule has 0 atom stereocenters. The van der Waals surface area contributed by atoms with E-state index in [1.54, 1.807) is 0 Å².